The van der Waals surface area contributed by atoms with Gasteiger partial charge in [0.2, 0.25) is 0 Å². The van der Waals surface area contributed by atoms with Crippen molar-refractivity contribution in [3.63, 3.8) is 0 Å². The molecule has 3 heteroatoms. The van der Waals surface area contributed by atoms with Crippen LogP contribution in [0.3, 0.4) is 0 Å². The van der Waals surface area contributed by atoms with E-state index < -0.39 is 0 Å². The van der Waals surface area contributed by atoms with E-state index in [0.29, 0.717) is 0 Å². The van der Waals surface area contributed by atoms with Gasteiger partial charge in [-0.3, -0.25) is 0 Å². The zero-order valence-corrected chi connectivity index (χ0v) is 30.9. The number of hydrogen-bond acceptors (Lipinski definition) is 2. The van der Waals surface area contributed by atoms with E-state index in [1.807, 2.05) is 11.3 Å². The van der Waals surface area contributed by atoms with Crippen molar-refractivity contribution in [3.8, 4) is 27.9 Å². The van der Waals surface area contributed by atoms with Crippen LogP contribution in [-0.2, 0) is 5.41 Å². The normalized spacial score (nSPS) is 13.1. The summed E-state index contributed by atoms with van der Waals surface area (Å²) in [6.07, 6.45) is 0. The number of benzene rings is 8. The van der Waals surface area contributed by atoms with Crippen LogP contribution in [0.5, 0.6) is 0 Å². The highest BCUT2D eigenvalue weighted by Crippen LogP contribution is 2.51. The van der Waals surface area contributed by atoms with E-state index in [-0.39, 0.29) is 5.41 Å². The Balaban J connectivity index is 1.07. The van der Waals surface area contributed by atoms with Crippen LogP contribution in [0.2, 0.25) is 0 Å². The van der Waals surface area contributed by atoms with Gasteiger partial charge in [-0.25, -0.2) is 0 Å². The topological polar surface area (TPSA) is 8.17 Å². The number of anilines is 3. The van der Waals surface area contributed by atoms with Crippen molar-refractivity contribution >= 4 is 70.4 Å². The van der Waals surface area contributed by atoms with Crippen LogP contribution in [0.4, 0.5) is 17.1 Å². The first-order valence-electron chi connectivity index (χ1n) is 18.7. The summed E-state index contributed by atoms with van der Waals surface area (Å²) in [5, 5.41) is 5.16. The fraction of sp³-hybridized carbons (Fsp3) is 0.0588. The van der Waals surface area contributed by atoms with E-state index in [4.69, 9.17) is 0 Å². The van der Waals surface area contributed by atoms with Crippen LogP contribution in [0.1, 0.15) is 25.0 Å². The Kier molecular flexibility index (Phi) is 6.80. The Bertz CT molecular complexity index is 3030. The van der Waals surface area contributed by atoms with E-state index in [1.165, 1.54) is 81.0 Å². The SMILES string of the molecule is CC1(C)c2ccccc2-c2cc(N(c3ccc(-c4ccccc4-n4c5ccccc5c5ccccc54)cc3)c3ccc4c(c3)sc3ccccc34)ccc21. The second-order valence-corrected chi connectivity index (χ2v) is 16.0. The van der Waals surface area contributed by atoms with Gasteiger partial charge in [0.25, 0.3) is 0 Å². The zero-order chi connectivity index (χ0) is 36.0. The molecule has 0 saturated heterocycles. The Morgan fingerprint density at radius 3 is 1.76 bits per heavy atom. The quantitative estimate of drug-likeness (QED) is 0.173. The van der Waals surface area contributed by atoms with Crippen LogP contribution in [-0.4, -0.2) is 4.57 Å². The van der Waals surface area contributed by atoms with Gasteiger partial charge in [-0.15, -0.1) is 11.3 Å². The lowest BCUT2D eigenvalue weighted by atomic mass is 9.82. The molecule has 0 fully saturated rings. The van der Waals surface area contributed by atoms with Crippen LogP contribution in [0.25, 0.3) is 69.9 Å². The van der Waals surface area contributed by atoms with Gasteiger partial charge in [0.15, 0.2) is 0 Å². The molecule has 256 valence electrons. The summed E-state index contributed by atoms with van der Waals surface area (Å²) in [4.78, 5) is 2.43. The molecule has 1 aliphatic carbocycles. The van der Waals surface area contributed by atoms with Gasteiger partial charge in [0, 0.05) is 59.0 Å². The molecule has 1 aliphatic rings. The minimum absolute atomic E-state index is 0.0450. The Morgan fingerprint density at radius 2 is 0.981 bits per heavy atom. The predicted molar refractivity (Wildman–Crippen MR) is 231 cm³/mol. The summed E-state index contributed by atoms with van der Waals surface area (Å²) >= 11 is 1.87. The highest BCUT2D eigenvalue weighted by Gasteiger charge is 2.35. The second kappa shape index (κ2) is 11.8. The van der Waals surface area contributed by atoms with E-state index >= 15 is 0 Å². The number of para-hydroxylation sites is 3. The van der Waals surface area contributed by atoms with Crippen LogP contribution < -0.4 is 4.90 Å². The van der Waals surface area contributed by atoms with E-state index in [9.17, 15) is 0 Å². The molecule has 11 rings (SSSR count). The standard InChI is InChI=1S/C51H36N2S/c1-51(2)44-18-8-3-14-38(44)43-31-35(28-30-45(43)51)52(36-27-29-42-41-17-7-12-22-49(41)54-50(42)32-36)34-25-23-33(24-26-34)37-13-4-9-19-46(37)53-47-20-10-5-15-39(47)40-16-6-11-21-48(40)53/h3-32H,1-2H3. The molecule has 0 unspecified atom stereocenters. The molecular formula is C51H36N2S. The fourth-order valence-corrected chi connectivity index (χ4v) is 10.2. The van der Waals surface area contributed by atoms with Gasteiger partial charge in [-0.1, -0.05) is 135 Å². The van der Waals surface area contributed by atoms with Crippen molar-refractivity contribution in [3.05, 3.63) is 193 Å². The van der Waals surface area contributed by atoms with Gasteiger partial charge in [-0.2, -0.15) is 0 Å². The second-order valence-electron chi connectivity index (χ2n) is 14.9. The van der Waals surface area contributed by atoms with E-state index in [1.54, 1.807) is 0 Å². The smallest absolute Gasteiger partial charge is 0.0541 e. The molecular weight excluding hydrogens is 673 g/mol. The maximum atomic E-state index is 2.43. The van der Waals surface area contributed by atoms with Gasteiger partial charge in [0.1, 0.15) is 0 Å². The molecule has 0 aliphatic heterocycles. The number of hydrogen-bond donors (Lipinski definition) is 0. The van der Waals surface area contributed by atoms with Gasteiger partial charge >= 0.3 is 0 Å². The van der Waals surface area contributed by atoms with Gasteiger partial charge in [0.05, 0.1) is 16.7 Å². The molecule has 0 amide bonds. The van der Waals surface area contributed by atoms with Crippen molar-refractivity contribution in [1.29, 1.82) is 0 Å². The third-order valence-corrected chi connectivity index (χ3v) is 12.7. The summed E-state index contributed by atoms with van der Waals surface area (Å²) in [7, 11) is 0. The largest absolute Gasteiger partial charge is 0.310 e. The van der Waals surface area contributed by atoms with Crippen molar-refractivity contribution in [1.82, 2.24) is 4.57 Å². The Morgan fingerprint density at radius 1 is 0.426 bits per heavy atom. The summed E-state index contributed by atoms with van der Waals surface area (Å²) < 4.78 is 5.03. The van der Waals surface area contributed by atoms with Crippen molar-refractivity contribution in [2.24, 2.45) is 0 Å². The third-order valence-electron chi connectivity index (χ3n) is 11.6. The van der Waals surface area contributed by atoms with Crippen molar-refractivity contribution < 1.29 is 0 Å². The van der Waals surface area contributed by atoms with Gasteiger partial charge in [-0.05, 0) is 88.5 Å². The fourth-order valence-electron chi connectivity index (χ4n) is 9.03. The highest BCUT2D eigenvalue weighted by atomic mass is 32.1. The van der Waals surface area contributed by atoms with Crippen LogP contribution in [0.15, 0.2) is 182 Å². The molecule has 8 aromatic carbocycles. The number of aromatic nitrogens is 1. The summed E-state index contributed by atoms with van der Waals surface area (Å²) in [6.45, 7) is 4.70. The number of thiophene rings is 1. The highest BCUT2D eigenvalue weighted by molar-refractivity contribution is 7.25. The lowest BCUT2D eigenvalue weighted by Gasteiger charge is -2.27. The van der Waals surface area contributed by atoms with E-state index in [2.05, 4.69) is 205 Å². The first-order chi connectivity index (χ1) is 26.5. The molecule has 0 N–H and O–H groups in total. The maximum absolute atomic E-state index is 2.43. The Labute approximate surface area is 318 Å². The first kappa shape index (κ1) is 31.1. The first-order valence-corrected chi connectivity index (χ1v) is 19.5. The molecule has 0 atom stereocenters. The molecule has 0 spiro atoms. The lowest BCUT2D eigenvalue weighted by molar-refractivity contribution is 0.660. The lowest BCUT2D eigenvalue weighted by Crippen LogP contribution is -2.15. The third kappa shape index (κ3) is 4.58. The number of fused-ring (bicyclic) bond motifs is 9. The van der Waals surface area contributed by atoms with Gasteiger partial charge < -0.3 is 9.47 Å². The monoisotopic (exact) mass is 708 g/mol. The minimum Gasteiger partial charge on any atom is -0.310 e. The predicted octanol–water partition coefficient (Wildman–Crippen LogP) is 14.6. The molecule has 2 nitrogen and oxygen atoms in total. The molecule has 0 radical (unpaired) electrons. The van der Waals surface area contributed by atoms with E-state index in [0.717, 1.165) is 17.1 Å². The van der Waals surface area contributed by atoms with Crippen molar-refractivity contribution in [2.45, 2.75) is 19.3 Å². The molecule has 0 saturated carbocycles. The van der Waals surface area contributed by atoms with Crippen molar-refractivity contribution in [2.75, 3.05) is 4.90 Å². The average Bonchev–Trinajstić information content (AvgIpc) is 3.83. The Hall–Kier alpha value is -6.42. The maximum Gasteiger partial charge on any atom is 0.0541 e. The van der Waals surface area contributed by atoms with Crippen LogP contribution in [0, 0.1) is 0 Å². The minimum atomic E-state index is -0.0450. The zero-order valence-electron chi connectivity index (χ0n) is 30.1. The number of nitrogens with zero attached hydrogens (tertiary/aromatic N) is 2. The average molecular weight is 709 g/mol. The molecule has 2 aromatic heterocycles. The summed E-state index contributed by atoms with van der Waals surface area (Å²) in [5.74, 6) is 0. The van der Waals surface area contributed by atoms with Crippen LogP contribution >= 0.6 is 11.3 Å². The molecule has 10 aromatic rings. The summed E-state index contributed by atoms with van der Waals surface area (Å²) in [6, 6.07) is 67.1. The molecule has 0 bridgehead atoms. The number of rotatable bonds is 5. The molecule has 2 heterocycles. The summed E-state index contributed by atoms with van der Waals surface area (Å²) in [5.41, 5.74) is 14.8. The molecule has 54 heavy (non-hydrogen) atoms.